The highest BCUT2D eigenvalue weighted by molar-refractivity contribution is 4.84. The number of hydrogen-bond acceptors (Lipinski definition) is 3. The average Bonchev–Trinajstić information content (AvgIpc) is 2.37. The van der Waals surface area contributed by atoms with Crippen LogP contribution in [-0.4, -0.2) is 39.0 Å². The van der Waals surface area contributed by atoms with Gasteiger partial charge in [0.05, 0.1) is 18.8 Å². The number of methoxy groups -OCH3 is 1. The fourth-order valence-corrected chi connectivity index (χ4v) is 2.95. The average molecular weight is 243 g/mol. The van der Waals surface area contributed by atoms with Crippen LogP contribution >= 0.6 is 0 Å². The van der Waals surface area contributed by atoms with Crippen molar-refractivity contribution in [3.8, 4) is 0 Å². The Balaban J connectivity index is 2.58. The number of ether oxygens (including phenoxy) is 2. The predicted molar refractivity (Wildman–Crippen MR) is 71.3 cm³/mol. The molecule has 0 spiro atoms. The fraction of sp³-hybridized carbons (Fsp3) is 1.00. The van der Waals surface area contributed by atoms with E-state index in [4.69, 9.17) is 9.47 Å². The zero-order chi connectivity index (χ0) is 12.5. The maximum Gasteiger partial charge on any atom is 0.0778 e. The normalized spacial score (nSPS) is 21.4. The zero-order valence-corrected chi connectivity index (χ0v) is 11.7. The van der Waals surface area contributed by atoms with Crippen LogP contribution in [0.15, 0.2) is 0 Å². The minimum Gasteiger partial charge on any atom is -0.383 e. The first-order valence-electron chi connectivity index (χ1n) is 7.17. The van der Waals surface area contributed by atoms with Gasteiger partial charge in [-0.05, 0) is 32.2 Å². The molecule has 0 aliphatic heterocycles. The van der Waals surface area contributed by atoms with Crippen LogP contribution in [0.3, 0.4) is 0 Å². The molecule has 17 heavy (non-hydrogen) atoms. The van der Waals surface area contributed by atoms with Gasteiger partial charge in [-0.25, -0.2) is 0 Å². The summed E-state index contributed by atoms with van der Waals surface area (Å²) < 4.78 is 11.3. The molecule has 0 radical (unpaired) electrons. The highest BCUT2D eigenvalue weighted by atomic mass is 16.5. The Bertz CT molecular complexity index is 175. The lowest BCUT2D eigenvalue weighted by molar-refractivity contribution is -0.0341. The molecule has 0 aromatic rings. The Labute approximate surface area is 106 Å². The van der Waals surface area contributed by atoms with E-state index in [0.717, 1.165) is 19.8 Å². The Kier molecular flexibility index (Phi) is 7.82. The van der Waals surface area contributed by atoms with Crippen molar-refractivity contribution in [3.05, 3.63) is 0 Å². The second kappa shape index (κ2) is 8.90. The van der Waals surface area contributed by atoms with Crippen LogP contribution in [0.2, 0.25) is 0 Å². The first-order valence-corrected chi connectivity index (χ1v) is 7.17. The van der Waals surface area contributed by atoms with Crippen molar-refractivity contribution in [2.45, 2.75) is 58.1 Å². The van der Waals surface area contributed by atoms with E-state index < -0.39 is 0 Å². The molecule has 1 rings (SSSR count). The molecule has 1 fully saturated rings. The zero-order valence-electron chi connectivity index (χ0n) is 11.7. The quantitative estimate of drug-likeness (QED) is 0.711. The second-order valence-electron chi connectivity index (χ2n) is 4.94. The van der Waals surface area contributed by atoms with Crippen LogP contribution in [0.1, 0.15) is 46.0 Å². The summed E-state index contributed by atoms with van der Waals surface area (Å²) in [6.45, 7) is 6.75. The third-order valence-electron chi connectivity index (χ3n) is 3.68. The van der Waals surface area contributed by atoms with Gasteiger partial charge in [-0.3, -0.25) is 0 Å². The summed E-state index contributed by atoms with van der Waals surface area (Å²) in [6.07, 6.45) is 7.07. The molecule has 0 amide bonds. The molecule has 2 atom stereocenters. The van der Waals surface area contributed by atoms with E-state index in [2.05, 4.69) is 19.2 Å². The number of rotatable bonds is 8. The van der Waals surface area contributed by atoms with E-state index in [1.54, 1.807) is 7.11 Å². The maximum atomic E-state index is 6.01. The van der Waals surface area contributed by atoms with Crippen molar-refractivity contribution >= 4 is 0 Å². The summed E-state index contributed by atoms with van der Waals surface area (Å²) >= 11 is 0. The predicted octanol–water partition coefficient (Wildman–Crippen LogP) is 2.60. The summed E-state index contributed by atoms with van der Waals surface area (Å²) in [4.78, 5) is 0. The van der Waals surface area contributed by atoms with Crippen molar-refractivity contribution in [2.75, 3.05) is 26.9 Å². The molecule has 0 aromatic carbocycles. The molecule has 3 nitrogen and oxygen atoms in total. The molecule has 0 aromatic heterocycles. The van der Waals surface area contributed by atoms with Crippen molar-refractivity contribution in [3.63, 3.8) is 0 Å². The van der Waals surface area contributed by atoms with Crippen molar-refractivity contribution in [1.29, 1.82) is 0 Å². The molecule has 1 saturated carbocycles. The topological polar surface area (TPSA) is 30.5 Å². The van der Waals surface area contributed by atoms with Crippen LogP contribution in [0.5, 0.6) is 0 Å². The molecule has 102 valence electrons. The smallest absolute Gasteiger partial charge is 0.0778 e. The Hall–Kier alpha value is -0.120. The van der Waals surface area contributed by atoms with Gasteiger partial charge in [-0.2, -0.15) is 0 Å². The van der Waals surface area contributed by atoms with E-state index in [-0.39, 0.29) is 0 Å². The summed E-state index contributed by atoms with van der Waals surface area (Å²) in [5.74, 6) is 0.711. The van der Waals surface area contributed by atoms with E-state index in [0.29, 0.717) is 18.1 Å². The van der Waals surface area contributed by atoms with Gasteiger partial charge in [0.2, 0.25) is 0 Å². The van der Waals surface area contributed by atoms with Gasteiger partial charge in [-0.15, -0.1) is 0 Å². The van der Waals surface area contributed by atoms with Gasteiger partial charge in [-0.1, -0.05) is 26.2 Å². The molecule has 3 heteroatoms. The molecule has 2 unspecified atom stereocenters. The molecule has 1 aliphatic carbocycles. The summed E-state index contributed by atoms with van der Waals surface area (Å²) in [5.41, 5.74) is 0. The molecule has 0 heterocycles. The lowest BCUT2D eigenvalue weighted by Gasteiger charge is -2.35. The molecule has 1 N–H and O–H groups in total. The van der Waals surface area contributed by atoms with Crippen LogP contribution in [0.25, 0.3) is 0 Å². The van der Waals surface area contributed by atoms with Gasteiger partial charge in [0.25, 0.3) is 0 Å². The van der Waals surface area contributed by atoms with Crippen LogP contribution in [0, 0.1) is 5.92 Å². The molecule has 1 aliphatic rings. The molecular formula is C14H29NO2. The Morgan fingerprint density at radius 2 is 1.88 bits per heavy atom. The summed E-state index contributed by atoms with van der Waals surface area (Å²) in [5, 5.41) is 3.52. The van der Waals surface area contributed by atoms with E-state index in [1.165, 1.54) is 32.1 Å². The highest BCUT2D eigenvalue weighted by Crippen LogP contribution is 2.29. The standard InChI is InChI=1S/C14H29NO2/c1-4-15-13(11-16-3)14(17-5-2)12-9-7-6-8-10-12/h12-15H,4-11H2,1-3H3. The van der Waals surface area contributed by atoms with E-state index in [1.807, 2.05) is 0 Å². The monoisotopic (exact) mass is 243 g/mol. The maximum absolute atomic E-state index is 6.01. The number of likely N-dealkylation sites (N-methyl/N-ethyl adjacent to an activating group) is 1. The van der Waals surface area contributed by atoms with Crippen molar-refractivity contribution < 1.29 is 9.47 Å². The Morgan fingerprint density at radius 1 is 1.18 bits per heavy atom. The molecule has 0 saturated heterocycles. The third kappa shape index (κ3) is 4.94. The van der Waals surface area contributed by atoms with Gasteiger partial charge >= 0.3 is 0 Å². The number of nitrogens with one attached hydrogen (secondary N) is 1. The molecule has 0 bridgehead atoms. The van der Waals surface area contributed by atoms with Crippen LogP contribution in [0.4, 0.5) is 0 Å². The van der Waals surface area contributed by atoms with E-state index in [9.17, 15) is 0 Å². The first kappa shape index (κ1) is 14.9. The second-order valence-corrected chi connectivity index (χ2v) is 4.94. The van der Waals surface area contributed by atoms with Gasteiger partial charge in [0.1, 0.15) is 0 Å². The minimum atomic E-state index is 0.320. The fourth-order valence-electron chi connectivity index (χ4n) is 2.95. The van der Waals surface area contributed by atoms with Gasteiger partial charge < -0.3 is 14.8 Å². The third-order valence-corrected chi connectivity index (χ3v) is 3.68. The van der Waals surface area contributed by atoms with Crippen LogP contribution < -0.4 is 5.32 Å². The molecular weight excluding hydrogens is 214 g/mol. The summed E-state index contributed by atoms with van der Waals surface area (Å²) in [7, 11) is 1.77. The van der Waals surface area contributed by atoms with E-state index >= 15 is 0 Å². The van der Waals surface area contributed by atoms with Gasteiger partial charge in [0.15, 0.2) is 0 Å². The van der Waals surface area contributed by atoms with Crippen LogP contribution in [-0.2, 0) is 9.47 Å². The highest BCUT2D eigenvalue weighted by Gasteiger charge is 2.30. The van der Waals surface area contributed by atoms with Crippen molar-refractivity contribution in [1.82, 2.24) is 5.32 Å². The largest absolute Gasteiger partial charge is 0.383 e. The lowest BCUT2D eigenvalue weighted by atomic mass is 9.82. The SMILES string of the molecule is CCNC(COC)C(OCC)C1CCCCC1. The first-order chi connectivity index (χ1) is 8.33. The van der Waals surface area contributed by atoms with Crippen molar-refractivity contribution in [2.24, 2.45) is 5.92 Å². The lowest BCUT2D eigenvalue weighted by Crippen LogP contribution is -2.48. The number of hydrogen-bond donors (Lipinski definition) is 1. The van der Waals surface area contributed by atoms with Gasteiger partial charge in [0, 0.05) is 13.7 Å². The minimum absolute atomic E-state index is 0.320. The Morgan fingerprint density at radius 3 is 2.41 bits per heavy atom. The summed E-state index contributed by atoms with van der Waals surface area (Å²) in [6, 6.07) is 0.341.